The summed E-state index contributed by atoms with van der Waals surface area (Å²) in [6, 6.07) is 9.79. The molecule has 1 heterocycles. The topological polar surface area (TPSA) is 40.6 Å². The molecular weight excluding hydrogens is 252 g/mol. The normalized spacial score (nSPS) is 18.7. The van der Waals surface area contributed by atoms with E-state index in [9.17, 15) is 9.59 Å². The fourth-order valence-electron chi connectivity index (χ4n) is 2.69. The van der Waals surface area contributed by atoms with E-state index in [-0.39, 0.29) is 23.8 Å². The van der Waals surface area contributed by atoms with Crippen LogP contribution in [0.3, 0.4) is 0 Å². The SMILES string of the molecule is CCN(C(=O)[C@H]1CC(=O)N(C(C)C)C1)c1ccccc1. The van der Waals surface area contributed by atoms with E-state index in [0.29, 0.717) is 19.5 Å². The zero-order valence-electron chi connectivity index (χ0n) is 12.4. The van der Waals surface area contributed by atoms with Crippen molar-refractivity contribution in [1.82, 2.24) is 4.90 Å². The second-order valence-electron chi connectivity index (χ2n) is 5.46. The largest absolute Gasteiger partial charge is 0.339 e. The van der Waals surface area contributed by atoms with Crippen LogP contribution >= 0.6 is 0 Å². The van der Waals surface area contributed by atoms with E-state index in [0.717, 1.165) is 5.69 Å². The molecule has 0 aliphatic carbocycles. The van der Waals surface area contributed by atoms with Crippen LogP contribution in [0.15, 0.2) is 30.3 Å². The molecule has 0 bridgehead atoms. The molecule has 1 atom stereocenters. The van der Waals surface area contributed by atoms with Crippen molar-refractivity contribution in [1.29, 1.82) is 0 Å². The first-order valence-electron chi connectivity index (χ1n) is 7.20. The average molecular weight is 274 g/mol. The molecular formula is C16H22N2O2. The molecule has 0 spiro atoms. The number of anilines is 1. The van der Waals surface area contributed by atoms with Crippen LogP contribution in [0.1, 0.15) is 27.2 Å². The minimum absolute atomic E-state index is 0.0511. The van der Waals surface area contributed by atoms with Crippen LogP contribution < -0.4 is 4.90 Å². The summed E-state index contributed by atoms with van der Waals surface area (Å²) in [4.78, 5) is 28.1. The van der Waals surface area contributed by atoms with E-state index in [1.165, 1.54) is 0 Å². The first-order valence-corrected chi connectivity index (χ1v) is 7.20. The van der Waals surface area contributed by atoms with Crippen molar-refractivity contribution in [3.63, 3.8) is 0 Å². The van der Waals surface area contributed by atoms with Gasteiger partial charge in [-0.15, -0.1) is 0 Å². The Morgan fingerprint density at radius 3 is 2.50 bits per heavy atom. The quantitative estimate of drug-likeness (QED) is 0.845. The third-order valence-corrected chi connectivity index (χ3v) is 3.78. The van der Waals surface area contributed by atoms with Crippen molar-refractivity contribution in [3.8, 4) is 0 Å². The number of rotatable bonds is 4. The third kappa shape index (κ3) is 2.84. The highest BCUT2D eigenvalue weighted by atomic mass is 16.2. The molecule has 0 N–H and O–H groups in total. The first kappa shape index (κ1) is 14.6. The minimum Gasteiger partial charge on any atom is -0.339 e. The van der Waals surface area contributed by atoms with Gasteiger partial charge in [0.25, 0.3) is 0 Å². The predicted molar refractivity (Wildman–Crippen MR) is 79.4 cm³/mol. The molecule has 0 unspecified atom stereocenters. The van der Waals surface area contributed by atoms with E-state index in [2.05, 4.69) is 0 Å². The standard InChI is InChI=1S/C16H22N2O2/c1-4-17(14-8-6-5-7-9-14)16(20)13-10-15(19)18(11-13)12(2)3/h5-9,12-13H,4,10-11H2,1-3H3/t13-/m0/s1. The molecule has 2 amide bonds. The zero-order chi connectivity index (χ0) is 14.7. The summed E-state index contributed by atoms with van der Waals surface area (Å²) in [6.45, 7) is 7.09. The van der Waals surface area contributed by atoms with E-state index >= 15 is 0 Å². The molecule has 2 rings (SSSR count). The Morgan fingerprint density at radius 1 is 1.35 bits per heavy atom. The predicted octanol–water partition coefficient (Wildman–Crippen LogP) is 2.30. The smallest absolute Gasteiger partial charge is 0.232 e. The van der Waals surface area contributed by atoms with Crippen LogP contribution in [0.4, 0.5) is 5.69 Å². The van der Waals surface area contributed by atoms with E-state index in [4.69, 9.17) is 0 Å². The second kappa shape index (κ2) is 6.07. The highest BCUT2D eigenvalue weighted by molar-refractivity contribution is 5.99. The molecule has 1 saturated heterocycles. The number of hydrogen-bond donors (Lipinski definition) is 0. The molecule has 0 radical (unpaired) electrons. The van der Waals surface area contributed by atoms with Gasteiger partial charge in [0.15, 0.2) is 0 Å². The number of nitrogens with zero attached hydrogens (tertiary/aromatic N) is 2. The third-order valence-electron chi connectivity index (χ3n) is 3.78. The second-order valence-corrected chi connectivity index (χ2v) is 5.46. The lowest BCUT2D eigenvalue weighted by Gasteiger charge is -2.25. The molecule has 1 aliphatic heterocycles. The Bertz CT molecular complexity index is 485. The van der Waals surface area contributed by atoms with Gasteiger partial charge >= 0.3 is 0 Å². The van der Waals surface area contributed by atoms with Gasteiger partial charge in [0.1, 0.15) is 0 Å². The van der Waals surface area contributed by atoms with Gasteiger partial charge in [-0.3, -0.25) is 9.59 Å². The molecule has 1 aromatic carbocycles. The lowest BCUT2D eigenvalue weighted by Crippen LogP contribution is -2.38. The fourth-order valence-corrected chi connectivity index (χ4v) is 2.69. The molecule has 4 nitrogen and oxygen atoms in total. The van der Waals surface area contributed by atoms with E-state index in [1.807, 2.05) is 51.1 Å². The summed E-state index contributed by atoms with van der Waals surface area (Å²) >= 11 is 0. The summed E-state index contributed by atoms with van der Waals surface area (Å²) in [5, 5.41) is 0. The van der Waals surface area contributed by atoms with Crippen molar-refractivity contribution >= 4 is 17.5 Å². The van der Waals surface area contributed by atoms with Gasteiger partial charge in [-0.25, -0.2) is 0 Å². The summed E-state index contributed by atoms with van der Waals surface area (Å²) in [5.41, 5.74) is 0.899. The van der Waals surface area contributed by atoms with Crippen molar-refractivity contribution in [2.24, 2.45) is 5.92 Å². The summed E-state index contributed by atoms with van der Waals surface area (Å²) in [7, 11) is 0. The maximum Gasteiger partial charge on any atom is 0.232 e. The minimum atomic E-state index is -0.218. The van der Waals surface area contributed by atoms with Gasteiger partial charge in [0.2, 0.25) is 11.8 Å². The molecule has 1 aromatic rings. The Labute approximate surface area is 120 Å². The highest BCUT2D eigenvalue weighted by Crippen LogP contribution is 2.24. The number of benzene rings is 1. The summed E-state index contributed by atoms with van der Waals surface area (Å²) in [6.07, 6.45) is 0.334. The van der Waals surface area contributed by atoms with Gasteiger partial charge < -0.3 is 9.80 Å². The van der Waals surface area contributed by atoms with E-state index < -0.39 is 0 Å². The van der Waals surface area contributed by atoms with Gasteiger partial charge in [-0.1, -0.05) is 18.2 Å². The number of para-hydroxylation sites is 1. The highest BCUT2D eigenvalue weighted by Gasteiger charge is 2.37. The number of likely N-dealkylation sites (tertiary alicyclic amines) is 1. The van der Waals surface area contributed by atoms with Crippen LogP contribution in [0, 0.1) is 5.92 Å². The lowest BCUT2D eigenvalue weighted by atomic mass is 10.1. The molecule has 1 fully saturated rings. The van der Waals surface area contributed by atoms with Crippen molar-refractivity contribution in [2.75, 3.05) is 18.0 Å². The van der Waals surface area contributed by atoms with Crippen molar-refractivity contribution < 1.29 is 9.59 Å². The molecule has 108 valence electrons. The lowest BCUT2D eigenvalue weighted by molar-refractivity contribution is -0.129. The van der Waals surface area contributed by atoms with Gasteiger partial charge in [-0.2, -0.15) is 0 Å². The van der Waals surface area contributed by atoms with Crippen molar-refractivity contribution in [2.45, 2.75) is 33.2 Å². The van der Waals surface area contributed by atoms with Gasteiger partial charge in [0.05, 0.1) is 5.92 Å². The maximum atomic E-state index is 12.6. The molecule has 20 heavy (non-hydrogen) atoms. The molecule has 4 heteroatoms. The fraction of sp³-hybridized carbons (Fsp3) is 0.500. The van der Waals surface area contributed by atoms with E-state index in [1.54, 1.807) is 9.80 Å². The molecule has 0 aromatic heterocycles. The number of hydrogen-bond acceptors (Lipinski definition) is 2. The van der Waals surface area contributed by atoms with Crippen LogP contribution in [-0.4, -0.2) is 35.8 Å². The number of amides is 2. The Morgan fingerprint density at radius 2 is 2.00 bits per heavy atom. The zero-order valence-corrected chi connectivity index (χ0v) is 12.4. The van der Waals surface area contributed by atoms with Crippen LogP contribution in [-0.2, 0) is 9.59 Å². The summed E-state index contributed by atoms with van der Waals surface area (Å²) < 4.78 is 0. The molecule has 0 saturated carbocycles. The Hall–Kier alpha value is -1.84. The monoisotopic (exact) mass is 274 g/mol. The van der Waals surface area contributed by atoms with Crippen molar-refractivity contribution in [3.05, 3.63) is 30.3 Å². The average Bonchev–Trinajstić information content (AvgIpc) is 2.83. The maximum absolute atomic E-state index is 12.6. The van der Waals surface area contributed by atoms with Crippen LogP contribution in [0.25, 0.3) is 0 Å². The molecule has 1 aliphatic rings. The number of carbonyl (C=O) groups is 2. The van der Waals surface area contributed by atoms with Crippen LogP contribution in [0.2, 0.25) is 0 Å². The van der Waals surface area contributed by atoms with Gasteiger partial charge in [-0.05, 0) is 32.9 Å². The van der Waals surface area contributed by atoms with Gasteiger partial charge in [0, 0.05) is 31.2 Å². The number of carbonyl (C=O) groups excluding carboxylic acids is 2. The first-order chi connectivity index (χ1) is 9.54. The summed E-state index contributed by atoms with van der Waals surface area (Å²) in [5.74, 6) is -0.0808. The Kier molecular flexibility index (Phi) is 4.42. The van der Waals surface area contributed by atoms with Crippen LogP contribution in [0.5, 0.6) is 0 Å². The Balaban J connectivity index is 2.13.